The molecule has 0 saturated heterocycles. The minimum atomic E-state index is 0.496. The molecule has 0 aromatic rings. The third kappa shape index (κ3) is 11.9. The average Bonchev–Trinajstić information content (AvgIpc) is 2.08. The van der Waals surface area contributed by atoms with Crippen LogP contribution in [0.1, 0.15) is 79.6 Å². The van der Waals surface area contributed by atoms with E-state index in [0.717, 1.165) is 5.92 Å². The zero-order chi connectivity index (χ0) is 11.7. The fraction of sp³-hybridized carbons (Fsp3) is 0.933. The van der Waals surface area contributed by atoms with Gasteiger partial charge in [0.05, 0.1) is 0 Å². The summed E-state index contributed by atoms with van der Waals surface area (Å²) in [5.74, 6) is 0.858. The Morgan fingerprint density at radius 2 is 1.73 bits per heavy atom. The zero-order valence-electron chi connectivity index (χ0n) is 11.6. The fourth-order valence-corrected chi connectivity index (χ4v) is 2.25. The molecule has 0 heteroatoms. The third-order valence-electron chi connectivity index (χ3n) is 2.79. The van der Waals surface area contributed by atoms with Crippen molar-refractivity contribution in [2.75, 3.05) is 0 Å². The maximum atomic E-state index is 2.51. The Kier molecular flexibility index (Phi) is 8.19. The Bertz CT molecular complexity index is 129. The topological polar surface area (TPSA) is 0 Å². The summed E-state index contributed by atoms with van der Waals surface area (Å²) in [4.78, 5) is 0. The summed E-state index contributed by atoms with van der Waals surface area (Å²) in [5.41, 5.74) is 0.496. The highest BCUT2D eigenvalue weighted by Gasteiger charge is 2.14. The molecule has 0 aliphatic carbocycles. The first-order chi connectivity index (χ1) is 6.95. The average molecular weight is 211 g/mol. The second kappa shape index (κ2) is 8.19. The van der Waals surface area contributed by atoms with Crippen molar-refractivity contribution in [1.82, 2.24) is 0 Å². The Morgan fingerprint density at radius 1 is 1.07 bits per heavy atom. The van der Waals surface area contributed by atoms with Gasteiger partial charge in [0, 0.05) is 0 Å². The summed E-state index contributed by atoms with van der Waals surface area (Å²) in [7, 11) is 0. The maximum Gasteiger partial charge on any atom is -0.0380 e. The van der Waals surface area contributed by atoms with Gasteiger partial charge in [-0.2, -0.15) is 0 Å². The highest BCUT2D eigenvalue weighted by Crippen LogP contribution is 2.26. The smallest absolute Gasteiger partial charge is 0.0380 e. The van der Waals surface area contributed by atoms with Gasteiger partial charge in [0.2, 0.25) is 0 Å². The SMILES string of the molecule is CCCCCC[CH]CC(C)CC(C)(C)C. The van der Waals surface area contributed by atoms with E-state index in [1.165, 1.54) is 44.9 Å². The third-order valence-corrected chi connectivity index (χ3v) is 2.79. The standard InChI is InChI=1S/C15H31/c1-6-7-8-9-10-11-12-14(2)13-15(3,4)5/h11,14H,6-10,12-13H2,1-5H3. The number of unbranched alkanes of at least 4 members (excludes halogenated alkanes) is 5. The Hall–Kier alpha value is 0. The van der Waals surface area contributed by atoms with E-state index in [0.29, 0.717) is 5.41 Å². The van der Waals surface area contributed by atoms with Crippen LogP contribution < -0.4 is 0 Å². The first-order valence-electron chi connectivity index (χ1n) is 6.77. The van der Waals surface area contributed by atoms with Crippen LogP contribution in [0.2, 0.25) is 0 Å². The molecule has 0 fully saturated rings. The molecule has 0 N–H and O–H groups in total. The van der Waals surface area contributed by atoms with Crippen molar-refractivity contribution in [3.05, 3.63) is 6.42 Å². The lowest BCUT2D eigenvalue weighted by molar-refractivity contribution is 0.303. The molecule has 0 bridgehead atoms. The van der Waals surface area contributed by atoms with Crippen LogP contribution in [-0.4, -0.2) is 0 Å². The van der Waals surface area contributed by atoms with E-state index in [1.54, 1.807) is 0 Å². The van der Waals surface area contributed by atoms with Crippen LogP contribution in [0, 0.1) is 17.8 Å². The van der Waals surface area contributed by atoms with Crippen molar-refractivity contribution in [1.29, 1.82) is 0 Å². The zero-order valence-corrected chi connectivity index (χ0v) is 11.6. The second-order valence-electron chi connectivity index (χ2n) is 6.24. The lowest BCUT2D eigenvalue weighted by Gasteiger charge is -2.23. The molecule has 91 valence electrons. The van der Waals surface area contributed by atoms with Gasteiger partial charge in [0.25, 0.3) is 0 Å². The van der Waals surface area contributed by atoms with Crippen LogP contribution in [0.5, 0.6) is 0 Å². The summed E-state index contributed by atoms with van der Waals surface area (Å²) < 4.78 is 0. The van der Waals surface area contributed by atoms with Gasteiger partial charge in [0.15, 0.2) is 0 Å². The Morgan fingerprint density at radius 3 is 2.27 bits per heavy atom. The number of hydrogen-bond donors (Lipinski definition) is 0. The van der Waals surface area contributed by atoms with Crippen molar-refractivity contribution in [2.45, 2.75) is 79.6 Å². The van der Waals surface area contributed by atoms with E-state index in [2.05, 4.69) is 41.0 Å². The Labute approximate surface area is 97.8 Å². The predicted molar refractivity (Wildman–Crippen MR) is 70.9 cm³/mol. The molecule has 0 amide bonds. The second-order valence-corrected chi connectivity index (χ2v) is 6.24. The Balaban J connectivity index is 3.28. The van der Waals surface area contributed by atoms with Crippen LogP contribution in [0.15, 0.2) is 0 Å². The van der Waals surface area contributed by atoms with E-state index in [1.807, 2.05) is 0 Å². The molecule has 0 nitrogen and oxygen atoms in total. The molecule has 0 spiro atoms. The van der Waals surface area contributed by atoms with Crippen LogP contribution >= 0.6 is 0 Å². The lowest BCUT2D eigenvalue weighted by atomic mass is 9.83. The monoisotopic (exact) mass is 211 g/mol. The molecule has 0 rings (SSSR count). The van der Waals surface area contributed by atoms with Crippen LogP contribution in [0.25, 0.3) is 0 Å². The van der Waals surface area contributed by atoms with Crippen molar-refractivity contribution in [3.63, 3.8) is 0 Å². The van der Waals surface area contributed by atoms with Crippen molar-refractivity contribution in [2.24, 2.45) is 11.3 Å². The maximum absolute atomic E-state index is 2.51. The fourth-order valence-electron chi connectivity index (χ4n) is 2.25. The van der Waals surface area contributed by atoms with E-state index in [4.69, 9.17) is 0 Å². The molecule has 1 atom stereocenters. The van der Waals surface area contributed by atoms with Crippen molar-refractivity contribution < 1.29 is 0 Å². The molecular formula is C15H31. The summed E-state index contributed by atoms with van der Waals surface area (Å²) in [6.07, 6.45) is 12.1. The van der Waals surface area contributed by atoms with Gasteiger partial charge in [-0.15, -0.1) is 0 Å². The molecule has 0 aliphatic rings. The van der Waals surface area contributed by atoms with E-state index in [-0.39, 0.29) is 0 Å². The number of hydrogen-bond acceptors (Lipinski definition) is 0. The minimum absolute atomic E-state index is 0.496. The minimum Gasteiger partial charge on any atom is -0.0654 e. The molecule has 0 heterocycles. The van der Waals surface area contributed by atoms with E-state index in [9.17, 15) is 0 Å². The summed E-state index contributed by atoms with van der Waals surface area (Å²) >= 11 is 0. The highest BCUT2D eigenvalue weighted by atomic mass is 14.2. The molecule has 1 unspecified atom stereocenters. The van der Waals surface area contributed by atoms with Gasteiger partial charge in [-0.25, -0.2) is 0 Å². The van der Waals surface area contributed by atoms with Crippen LogP contribution in [0.3, 0.4) is 0 Å². The van der Waals surface area contributed by atoms with Gasteiger partial charge in [-0.05, 0) is 30.6 Å². The van der Waals surface area contributed by atoms with Crippen LogP contribution in [0.4, 0.5) is 0 Å². The molecule has 0 aliphatic heterocycles. The quantitative estimate of drug-likeness (QED) is 0.457. The van der Waals surface area contributed by atoms with Crippen molar-refractivity contribution in [3.8, 4) is 0 Å². The molecular weight excluding hydrogens is 180 g/mol. The molecule has 0 saturated carbocycles. The van der Waals surface area contributed by atoms with Gasteiger partial charge >= 0.3 is 0 Å². The lowest BCUT2D eigenvalue weighted by Crippen LogP contribution is -2.11. The number of rotatable bonds is 8. The summed E-state index contributed by atoms with van der Waals surface area (Å²) in [5, 5.41) is 0. The molecule has 1 radical (unpaired) electrons. The van der Waals surface area contributed by atoms with Crippen LogP contribution in [-0.2, 0) is 0 Å². The van der Waals surface area contributed by atoms with Gasteiger partial charge < -0.3 is 0 Å². The molecule has 15 heavy (non-hydrogen) atoms. The predicted octanol–water partition coefficient (Wildman–Crippen LogP) is 5.62. The normalized spacial score (nSPS) is 14.2. The largest absolute Gasteiger partial charge is 0.0654 e. The van der Waals surface area contributed by atoms with Gasteiger partial charge in [-0.1, -0.05) is 66.7 Å². The van der Waals surface area contributed by atoms with E-state index < -0.39 is 0 Å². The first-order valence-corrected chi connectivity index (χ1v) is 6.77. The summed E-state index contributed by atoms with van der Waals surface area (Å²) in [6.45, 7) is 11.7. The molecule has 0 aromatic carbocycles. The summed E-state index contributed by atoms with van der Waals surface area (Å²) in [6, 6.07) is 0. The van der Waals surface area contributed by atoms with Gasteiger partial charge in [-0.3, -0.25) is 0 Å². The highest BCUT2D eigenvalue weighted by molar-refractivity contribution is 4.73. The van der Waals surface area contributed by atoms with E-state index >= 15 is 0 Å². The first kappa shape index (κ1) is 15.0. The van der Waals surface area contributed by atoms with Gasteiger partial charge in [0.1, 0.15) is 0 Å². The van der Waals surface area contributed by atoms with Crippen molar-refractivity contribution >= 4 is 0 Å². The molecule has 0 aromatic heterocycles.